The fourth-order valence-corrected chi connectivity index (χ4v) is 4.39. The number of unbranched alkanes of at least 4 members (excludes halogenated alkanes) is 2. The molecule has 40 heavy (non-hydrogen) atoms. The number of carbonyl (C=O) groups is 3. The molecule has 0 fully saturated rings. The number of alkyl carbamates (subject to hydrolysis) is 1. The van der Waals surface area contributed by atoms with Gasteiger partial charge in [-0.2, -0.15) is 0 Å². The molecule has 3 amide bonds. The highest BCUT2D eigenvalue weighted by Gasteiger charge is 2.38. The Balaban J connectivity index is 2.54. The highest BCUT2D eigenvalue weighted by Crippen LogP contribution is 2.28. The van der Waals surface area contributed by atoms with E-state index >= 15 is 0 Å². The molecule has 2 N–H and O–H groups in total. The van der Waals surface area contributed by atoms with Crippen LogP contribution in [0.4, 0.5) is 10.5 Å². The van der Waals surface area contributed by atoms with E-state index in [4.69, 9.17) is 9.47 Å². The van der Waals surface area contributed by atoms with Crippen LogP contribution in [0, 0.1) is 12.8 Å². The van der Waals surface area contributed by atoms with Crippen molar-refractivity contribution in [3.05, 3.63) is 59.7 Å². The normalized spacial score (nSPS) is 13.5. The van der Waals surface area contributed by atoms with Gasteiger partial charge in [0.25, 0.3) is 5.91 Å². The number of hydrogen-bond donors (Lipinski definition) is 2. The van der Waals surface area contributed by atoms with Gasteiger partial charge in [-0.15, -0.1) is 0 Å². The summed E-state index contributed by atoms with van der Waals surface area (Å²) in [7, 11) is 1.58. The summed E-state index contributed by atoms with van der Waals surface area (Å²) < 4.78 is 10.7. The number of hydrogen-bond acceptors (Lipinski definition) is 5. The molecular weight excluding hydrogens is 506 g/mol. The van der Waals surface area contributed by atoms with Crippen molar-refractivity contribution in [3.8, 4) is 5.75 Å². The van der Waals surface area contributed by atoms with Crippen LogP contribution in [-0.4, -0.2) is 48.1 Å². The summed E-state index contributed by atoms with van der Waals surface area (Å²) in [6.07, 6.45) is 2.58. The fraction of sp³-hybridized carbons (Fsp3) is 0.531. The van der Waals surface area contributed by atoms with E-state index in [1.807, 2.05) is 45.0 Å². The van der Waals surface area contributed by atoms with Crippen LogP contribution in [0.5, 0.6) is 5.75 Å². The van der Waals surface area contributed by atoms with Gasteiger partial charge < -0.3 is 25.0 Å². The van der Waals surface area contributed by atoms with Crippen LogP contribution in [0.15, 0.2) is 48.5 Å². The molecule has 0 aliphatic rings. The van der Waals surface area contributed by atoms with E-state index < -0.39 is 23.8 Å². The summed E-state index contributed by atoms with van der Waals surface area (Å²) in [6, 6.07) is 12.9. The van der Waals surface area contributed by atoms with Crippen molar-refractivity contribution in [2.45, 2.75) is 91.8 Å². The lowest BCUT2D eigenvalue weighted by Crippen LogP contribution is -2.55. The second-order valence-corrected chi connectivity index (χ2v) is 11.3. The van der Waals surface area contributed by atoms with E-state index in [1.54, 1.807) is 57.0 Å². The SMILES string of the molecule is CCCCCN(C(=O)C(NC(=O)OC(C)(C)C)C(C)CC)C(C(=O)Nc1ccc(OC)cc1)c1cccc(C)c1. The molecule has 2 rings (SSSR count). The van der Waals surface area contributed by atoms with Crippen molar-refractivity contribution in [1.29, 1.82) is 0 Å². The largest absolute Gasteiger partial charge is 0.497 e. The van der Waals surface area contributed by atoms with E-state index in [9.17, 15) is 14.4 Å². The number of aryl methyl sites for hydroxylation is 1. The summed E-state index contributed by atoms with van der Waals surface area (Å²) in [5.74, 6) is -0.154. The molecule has 0 heterocycles. The van der Waals surface area contributed by atoms with E-state index in [1.165, 1.54) is 0 Å². The lowest BCUT2D eigenvalue weighted by molar-refractivity contribution is -0.142. The minimum Gasteiger partial charge on any atom is -0.497 e. The van der Waals surface area contributed by atoms with Crippen LogP contribution in [0.3, 0.4) is 0 Å². The Morgan fingerprint density at radius 3 is 2.23 bits per heavy atom. The van der Waals surface area contributed by atoms with Gasteiger partial charge in [-0.25, -0.2) is 4.79 Å². The Morgan fingerprint density at radius 1 is 1.00 bits per heavy atom. The smallest absolute Gasteiger partial charge is 0.408 e. The van der Waals surface area contributed by atoms with Crippen LogP contribution >= 0.6 is 0 Å². The van der Waals surface area contributed by atoms with E-state index in [-0.39, 0.29) is 17.7 Å². The van der Waals surface area contributed by atoms with Crippen molar-refractivity contribution in [2.24, 2.45) is 5.92 Å². The maximum absolute atomic E-state index is 14.3. The fourth-order valence-electron chi connectivity index (χ4n) is 4.39. The van der Waals surface area contributed by atoms with E-state index in [2.05, 4.69) is 17.6 Å². The molecule has 0 aromatic heterocycles. The number of rotatable bonds is 13. The van der Waals surface area contributed by atoms with Gasteiger partial charge in [0.15, 0.2) is 0 Å². The third-order valence-corrected chi connectivity index (χ3v) is 6.71. The third kappa shape index (κ3) is 9.88. The molecule has 2 aromatic rings. The van der Waals surface area contributed by atoms with Gasteiger partial charge in [0.2, 0.25) is 5.91 Å². The molecule has 0 radical (unpaired) electrons. The van der Waals surface area contributed by atoms with Crippen molar-refractivity contribution in [2.75, 3.05) is 19.0 Å². The number of nitrogens with zero attached hydrogens (tertiary/aromatic N) is 1. The zero-order valence-electron chi connectivity index (χ0n) is 25.4. The molecule has 0 aliphatic heterocycles. The van der Waals surface area contributed by atoms with E-state index in [0.717, 1.165) is 24.8 Å². The predicted molar refractivity (Wildman–Crippen MR) is 159 cm³/mol. The standard InChI is InChI=1S/C32H47N3O5/c1-9-11-12-20-35(30(37)27(23(4)10-2)34-31(38)40-32(5,6)7)28(24-15-13-14-22(3)21-24)29(36)33-25-16-18-26(39-8)19-17-25/h13-19,21,23,27-28H,9-12,20H2,1-8H3,(H,33,36)(H,34,38). The number of ether oxygens (including phenoxy) is 2. The van der Waals surface area contributed by atoms with Gasteiger partial charge in [-0.3, -0.25) is 9.59 Å². The second kappa shape index (κ2) is 15.3. The minimum absolute atomic E-state index is 0.184. The zero-order valence-corrected chi connectivity index (χ0v) is 25.4. The average molecular weight is 554 g/mol. The Bertz CT molecular complexity index is 1110. The quantitative estimate of drug-likeness (QED) is 0.271. The van der Waals surface area contributed by atoms with Gasteiger partial charge in [-0.1, -0.05) is 69.9 Å². The number of nitrogens with one attached hydrogen (secondary N) is 2. The summed E-state index contributed by atoms with van der Waals surface area (Å²) in [5, 5.41) is 5.81. The molecule has 2 aromatic carbocycles. The molecule has 0 saturated carbocycles. The van der Waals surface area contributed by atoms with Crippen LogP contribution in [0.25, 0.3) is 0 Å². The zero-order chi connectivity index (χ0) is 29.9. The number of carbonyl (C=O) groups excluding carboxylic acids is 3. The lowest BCUT2D eigenvalue weighted by atomic mass is 9.95. The maximum atomic E-state index is 14.3. The first-order chi connectivity index (χ1) is 18.9. The molecule has 220 valence electrons. The molecular formula is C32H47N3O5. The Kier molecular flexibility index (Phi) is 12.5. The summed E-state index contributed by atoms with van der Waals surface area (Å²) >= 11 is 0. The first-order valence-electron chi connectivity index (χ1n) is 14.2. The van der Waals surface area contributed by atoms with E-state index in [0.29, 0.717) is 30.0 Å². The number of amides is 3. The monoisotopic (exact) mass is 553 g/mol. The molecule has 0 bridgehead atoms. The van der Waals surface area contributed by atoms with Crippen molar-refractivity contribution in [3.63, 3.8) is 0 Å². The molecule has 3 unspecified atom stereocenters. The van der Waals surface area contributed by atoms with Crippen LogP contribution in [-0.2, 0) is 14.3 Å². The number of benzene rings is 2. The average Bonchev–Trinajstić information content (AvgIpc) is 2.90. The molecule has 0 aliphatic carbocycles. The van der Waals surface area contributed by atoms with Crippen LogP contribution < -0.4 is 15.4 Å². The summed E-state index contributed by atoms with van der Waals surface area (Å²) in [5.41, 5.74) is 1.56. The second-order valence-electron chi connectivity index (χ2n) is 11.3. The Labute approximate surface area is 239 Å². The van der Waals surface area contributed by atoms with Gasteiger partial charge >= 0.3 is 6.09 Å². The predicted octanol–water partition coefficient (Wildman–Crippen LogP) is 6.64. The summed E-state index contributed by atoms with van der Waals surface area (Å²) in [4.78, 5) is 42.7. The molecule has 8 heteroatoms. The van der Waals surface area contributed by atoms with Gasteiger partial charge in [0.05, 0.1) is 7.11 Å². The number of anilines is 1. The molecule has 3 atom stereocenters. The highest BCUT2D eigenvalue weighted by atomic mass is 16.6. The van der Waals surface area contributed by atoms with Crippen molar-refractivity contribution < 1.29 is 23.9 Å². The first-order valence-corrected chi connectivity index (χ1v) is 14.2. The number of methoxy groups -OCH3 is 1. The topological polar surface area (TPSA) is 97.0 Å². The highest BCUT2D eigenvalue weighted by molar-refractivity contribution is 5.99. The Hall–Kier alpha value is -3.55. The molecule has 0 saturated heterocycles. The molecule has 0 spiro atoms. The van der Waals surface area contributed by atoms with Crippen LogP contribution in [0.2, 0.25) is 0 Å². The van der Waals surface area contributed by atoms with Crippen molar-refractivity contribution >= 4 is 23.6 Å². The summed E-state index contributed by atoms with van der Waals surface area (Å²) in [6.45, 7) is 13.6. The van der Waals surface area contributed by atoms with Crippen LogP contribution in [0.1, 0.15) is 84.4 Å². The Morgan fingerprint density at radius 2 is 1.68 bits per heavy atom. The maximum Gasteiger partial charge on any atom is 0.408 e. The van der Waals surface area contributed by atoms with Crippen molar-refractivity contribution in [1.82, 2.24) is 10.2 Å². The molecule has 8 nitrogen and oxygen atoms in total. The third-order valence-electron chi connectivity index (χ3n) is 6.71. The minimum atomic E-state index is -0.904. The first kappa shape index (κ1) is 32.7. The van der Waals surface area contributed by atoms with Gasteiger partial charge in [0.1, 0.15) is 23.4 Å². The van der Waals surface area contributed by atoms with Gasteiger partial charge in [-0.05, 0) is 69.9 Å². The van der Waals surface area contributed by atoms with Gasteiger partial charge in [0, 0.05) is 12.2 Å². The lowest BCUT2D eigenvalue weighted by Gasteiger charge is -2.36.